The zero-order valence-electron chi connectivity index (χ0n) is 13.6. The van der Waals surface area contributed by atoms with Crippen LogP contribution in [0.15, 0.2) is 0 Å². The summed E-state index contributed by atoms with van der Waals surface area (Å²) in [6, 6.07) is 0. The lowest BCUT2D eigenvalue weighted by Gasteiger charge is -2.23. The van der Waals surface area contributed by atoms with Gasteiger partial charge in [0.2, 0.25) is 0 Å². The van der Waals surface area contributed by atoms with E-state index in [4.69, 9.17) is 10.7 Å². The maximum Gasteiger partial charge on any atom is 0.185 e. The SMILES string of the molecule is CC1(C)CCCN(c2nc(C(C)(C)C)c(CN)s2)CC1. The summed E-state index contributed by atoms with van der Waals surface area (Å²) in [5.41, 5.74) is 7.65. The fourth-order valence-corrected chi connectivity index (χ4v) is 4.01. The van der Waals surface area contributed by atoms with Crippen LogP contribution in [0.3, 0.4) is 0 Å². The summed E-state index contributed by atoms with van der Waals surface area (Å²) in [5, 5.41) is 1.17. The highest BCUT2D eigenvalue weighted by Gasteiger charge is 2.27. The molecular weight excluding hydrogens is 266 g/mol. The molecule has 4 heteroatoms. The van der Waals surface area contributed by atoms with Gasteiger partial charge < -0.3 is 10.6 Å². The van der Waals surface area contributed by atoms with Gasteiger partial charge in [-0.05, 0) is 24.7 Å². The second-order valence-electron chi connectivity index (χ2n) is 7.73. The van der Waals surface area contributed by atoms with Crippen LogP contribution in [0, 0.1) is 5.41 Å². The summed E-state index contributed by atoms with van der Waals surface area (Å²) in [4.78, 5) is 8.64. The van der Waals surface area contributed by atoms with Gasteiger partial charge in [0.25, 0.3) is 0 Å². The van der Waals surface area contributed by atoms with Crippen molar-refractivity contribution >= 4 is 16.5 Å². The second kappa shape index (κ2) is 5.64. The minimum Gasteiger partial charge on any atom is -0.348 e. The van der Waals surface area contributed by atoms with Crippen molar-refractivity contribution in [3.63, 3.8) is 0 Å². The zero-order valence-corrected chi connectivity index (χ0v) is 14.4. The van der Waals surface area contributed by atoms with Gasteiger partial charge in [-0.3, -0.25) is 0 Å². The smallest absolute Gasteiger partial charge is 0.185 e. The van der Waals surface area contributed by atoms with Gasteiger partial charge >= 0.3 is 0 Å². The molecule has 0 saturated carbocycles. The first-order valence-electron chi connectivity index (χ1n) is 7.68. The van der Waals surface area contributed by atoms with Gasteiger partial charge in [-0.15, -0.1) is 11.3 Å². The Hall–Kier alpha value is -0.610. The highest BCUT2D eigenvalue weighted by Crippen LogP contribution is 2.36. The molecule has 1 aromatic rings. The largest absolute Gasteiger partial charge is 0.348 e. The van der Waals surface area contributed by atoms with E-state index in [9.17, 15) is 0 Å². The van der Waals surface area contributed by atoms with Crippen molar-refractivity contribution in [2.75, 3.05) is 18.0 Å². The van der Waals surface area contributed by atoms with E-state index in [-0.39, 0.29) is 5.41 Å². The van der Waals surface area contributed by atoms with Crippen LogP contribution in [0.4, 0.5) is 5.13 Å². The van der Waals surface area contributed by atoms with Crippen LogP contribution in [0.1, 0.15) is 64.5 Å². The van der Waals surface area contributed by atoms with E-state index < -0.39 is 0 Å². The molecule has 1 fully saturated rings. The monoisotopic (exact) mass is 295 g/mol. The van der Waals surface area contributed by atoms with Gasteiger partial charge in [0, 0.05) is 29.9 Å². The van der Waals surface area contributed by atoms with Crippen molar-refractivity contribution in [1.29, 1.82) is 0 Å². The molecule has 0 radical (unpaired) electrons. The molecule has 114 valence electrons. The van der Waals surface area contributed by atoms with Crippen LogP contribution in [-0.2, 0) is 12.0 Å². The Balaban J connectivity index is 2.23. The van der Waals surface area contributed by atoms with Crippen molar-refractivity contribution in [1.82, 2.24) is 4.98 Å². The van der Waals surface area contributed by atoms with Crippen LogP contribution in [0.5, 0.6) is 0 Å². The molecule has 1 aliphatic heterocycles. The minimum atomic E-state index is 0.0779. The Morgan fingerprint density at radius 2 is 1.95 bits per heavy atom. The standard InChI is InChI=1S/C16H29N3S/c1-15(2,3)13-12(11-17)20-14(18-13)19-9-6-7-16(4,5)8-10-19/h6-11,17H2,1-5H3. The van der Waals surface area contributed by atoms with Crippen molar-refractivity contribution < 1.29 is 0 Å². The van der Waals surface area contributed by atoms with E-state index in [0.29, 0.717) is 12.0 Å². The highest BCUT2D eigenvalue weighted by atomic mass is 32.1. The lowest BCUT2D eigenvalue weighted by atomic mass is 9.85. The molecule has 1 aromatic heterocycles. The van der Waals surface area contributed by atoms with E-state index in [1.165, 1.54) is 35.0 Å². The molecular formula is C16H29N3S. The first kappa shape index (κ1) is 15.8. The summed E-state index contributed by atoms with van der Waals surface area (Å²) in [7, 11) is 0. The van der Waals surface area contributed by atoms with Crippen LogP contribution >= 0.6 is 11.3 Å². The van der Waals surface area contributed by atoms with Gasteiger partial charge in [0.05, 0.1) is 5.69 Å². The van der Waals surface area contributed by atoms with Gasteiger partial charge in [-0.2, -0.15) is 0 Å². The normalized spacial score (nSPS) is 20.0. The fraction of sp³-hybridized carbons (Fsp3) is 0.812. The number of nitrogens with zero attached hydrogens (tertiary/aromatic N) is 2. The third-order valence-corrected chi connectivity index (χ3v) is 5.33. The van der Waals surface area contributed by atoms with Gasteiger partial charge in [0.1, 0.15) is 0 Å². The number of hydrogen-bond acceptors (Lipinski definition) is 4. The lowest BCUT2D eigenvalue weighted by molar-refractivity contribution is 0.325. The average molecular weight is 295 g/mol. The first-order valence-corrected chi connectivity index (χ1v) is 8.50. The maximum absolute atomic E-state index is 5.92. The second-order valence-corrected chi connectivity index (χ2v) is 8.79. The summed E-state index contributed by atoms with van der Waals surface area (Å²) in [5.74, 6) is 0. The molecule has 1 saturated heterocycles. The Kier molecular flexibility index (Phi) is 4.45. The molecule has 0 aliphatic carbocycles. The van der Waals surface area contributed by atoms with E-state index in [1.807, 2.05) is 0 Å². The third kappa shape index (κ3) is 3.53. The Bertz CT molecular complexity index is 457. The van der Waals surface area contributed by atoms with E-state index in [1.54, 1.807) is 11.3 Å². The molecule has 2 N–H and O–H groups in total. The fourth-order valence-electron chi connectivity index (χ4n) is 2.81. The predicted molar refractivity (Wildman–Crippen MR) is 88.6 cm³/mol. The first-order chi connectivity index (χ1) is 9.23. The minimum absolute atomic E-state index is 0.0779. The number of hydrogen-bond donors (Lipinski definition) is 1. The summed E-state index contributed by atoms with van der Waals surface area (Å²) in [6.45, 7) is 14.3. The molecule has 1 aliphatic rings. The Morgan fingerprint density at radius 3 is 2.50 bits per heavy atom. The zero-order chi connectivity index (χ0) is 15.0. The molecule has 0 amide bonds. The molecule has 3 nitrogen and oxygen atoms in total. The predicted octanol–water partition coefficient (Wildman–Crippen LogP) is 3.92. The van der Waals surface area contributed by atoms with Gasteiger partial charge in [0.15, 0.2) is 5.13 Å². The number of thiazole rings is 1. The molecule has 0 aromatic carbocycles. The number of rotatable bonds is 2. The molecule has 20 heavy (non-hydrogen) atoms. The quantitative estimate of drug-likeness (QED) is 0.899. The number of aromatic nitrogens is 1. The van der Waals surface area contributed by atoms with Crippen LogP contribution in [0.2, 0.25) is 0 Å². The summed E-state index contributed by atoms with van der Waals surface area (Å²) >= 11 is 1.79. The maximum atomic E-state index is 5.92. The van der Waals surface area contributed by atoms with Crippen LogP contribution < -0.4 is 10.6 Å². The molecule has 2 heterocycles. The molecule has 0 bridgehead atoms. The number of nitrogens with two attached hydrogens (primary N) is 1. The van der Waals surface area contributed by atoms with Crippen LogP contribution in [0.25, 0.3) is 0 Å². The number of anilines is 1. The van der Waals surface area contributed by atoms with Crippen molar-refractivity contribution in [2.24, 2.45) is 11.1 Å². The molecule has 0 spiro atoms. The topological polar surface area (TPSA) is 42.2 Å². The van der Waals surface area contributed by atoms with Crippen molar-refractivity contribution in [3.05, 3.63) is 10.6 Å². The summed E-state index contributed by atoms with van der Waals surface area (Å²) < 4.78 is 0. The van der Waals surface area contributed by atoms with Gasteiger partial charge in [-0.25, -0.2) is 4.98 Å². The van der Waals surface area contributed by atoms with E-state index >= 15 is 0 Å². The molecule has 0 atom stereocenters. The molecule has 2 rings (SSSR count). The highest BCUT2D eigenvalue weighted by molar-refractivity contribution is 7.15. The molecule has 0 unspecified atom stereocenters. The Labute approximate surface area is 127 Å². The van der Waals surface area contributed by atoms with Crippen molar-refractivity contribution in [2.45, 2.75) is 65.8 Å². The van der Waals surface area contributed by atoms with Crippen LogP contribution in [-0.4, -0.2) is 18.1 Å². The van der Waals surface area contributed by atoms with E-state index in [2.05, 4.69) is 39.5 Å². The Morgan fingerprint density at radius 1 is 1.25 bits per heavy atom. The van der Waals surface area contributed by atoms with Gasteiger partial charge in [-0.1, -0.05) is 34.6 Å². The summed E-state index contributed by atoms with van der Waals surface area (Å²) in [6.07, 6.45) is 3.82. The lowest BCUT2D eigenvalue weighted by Crippen LogP contribution is -2.25. The van der Waals surface area contributed by atoms with Crippen molar-refractivity contribution in [3.8, 4) is 0 Å². The third-order valence-electron chi connectivity index (χ3n) is 4.19. The average Bonchev–Trinajstić information content (AvgIpc) is 2.69. The van der Waals surface area contributed by atoms with E-state index in [0.717, 1.165) is 13.1 Å².